The predicted molar refractivity (Wildman–Crippen MR) is 89.8 cm³/mol. The molecule has 0 saturated heterocycles. The molecule has 2 aromatic rings. The van der Waals surface area contributed by atoms with Gasteiger partial charge in [0.2, 0.25) is 11.0 Å². The topological polar surface area (TPSA) is 80.9 Å². The Bertz CT molecular complexity index is 595. The van der Waals surface area contributed by atoms with Crippen LogP contribution in [0.3, 0.4) is 0 Å². The van der Waals surface area contributed by atoms with Gasteiger partial charge in [0.1, 0.15) is 5.01 Å². The van der Waals surface area contributed by atoms with Crippen molar-refractivity contribution in [2.45, 2.75) is 45.1 Å². The van der Waals surface area contributed by atoms with Crippen molar-refractivity contribution in [3.8, 4) is 0 Å². The van der Waals surface area contributed by atoms with E-state index in [0.29, 0.717) is 11.0 Å². The summed E-state index contributed by atoms with van der Waals surface area (Å²) in [4.78, 5) is 12.1. The van der Waals surface area contributed by atoms with Gasteiger partial charge in [-0.2, -0.15) is 0 Å². The van der Waals surface area contributed by atoms with Gasteiger partial charge < -0.3 is 11.1 Å². The Kier molecular flexibility index (Phi) is 6.03. The van der Waals surface area contributed by atoms with Crippen LogP contribution in [0.4, 0.5) is 5.13 Å². The summed E-state index contributed by atoms with van der Waals surface area (Å²) in [5.74, 6) is 0.276. The molecule has 0 saturated carbocycles. The fourth-order valence-corrected chi connectivity index (χ4v) is 3.30. The first-order valence-electron chi connectivity index (χ1n) is 7.57. The molecule has 0 aliphatic heterocycles. The lowest BCUT2D eigenvalue weighted by atomic mass is 10.0. The summed E-state index contributed by atoms with van der Waals surface area (Å²) in [5, 5.41) is 12.5. The fraction of sp³-hybridized carbons (Fsp3) is 0.438. The second-order valence-corrected chi connectivity index (χ2v) is 6.24. The quantitative estimate of drug-likeness (QED) is 0.819. The van der Waals surface area contributed by atoms with Crippen molar-refractivity contribution in [2.75, 3.05) is 5.32 Å². The highest BCUT2D eigenvalue weighted by Gasteiger charge is 2.16. The van der Waals surface area contributed by atoms with Crippen LogP contribution in [-0.4, -0.2) is 16.1 Å². The van der Waals surface area contributed by atoms with Crippen molar-refractivity contribution in [3.63, 3.8) is 0 Å². The Labute approximate surface area is 135 Å². The molecule has 6 heteroatoms. The van der Waals surface area contributed by atoms with E-state index in [2.05, 4.69) is 29.4 Å². The summed E-state index contributed by atoms with van der Waals surface area (Å²) in [5.41, 5.74) is 7.00. The number of amides is 1. The number of nitrogens with one attached hydrogen (secondary N) is 1. The number of nitrogens with zero attached hydrogens (tertiary/aromatic N) is 2. The molecule has 118 valence electrons. The number of aromatic nitrogens is 2. The van der Waals surface area contributed by atoms with E-state index >= 15 is 0 Å². The maximum absolute atomic E-state index is 12.1. The highest BCUT2D eigenvalue weighted by Crippen LogP contribution is 2.28. The molecular formula is C16H22N4OS. The normalized spacial score (nSPS) is 12.4. The third-order valence-electron chi connectivity index (χ3n) is 3.65. The van der Waals surface area contributed by atoms with E-state index in [4.69, 9.17) is 5.73 Å². The number of benzene rings is 1. The molecule has 2 rings (SSSR count). The van der Waals surface area contributed by atoms with Crippen LogP contribution in [0.25, 0.3) is 0 Å². The molecule has 0 radical (unpaired) electrons. The zero-order valence-electron chi connectivity index (χ0n) is 13.0. The van der Waals surface area contributed by atoms with Gasteiger partial charge >= 0.3 is 0 Å². The van der Waals surface area contributed by atoms with E-state index in [9.17, 15) is 4.79 Å². The van der Waals surface area contributed by atoms with E-state index in [1.165, 1.54) is 11.3 Å². The first-order valence-corrected chi connectivity index (χ1v) is 8.39. The van der Waals surface area contributed by atoms with Gasteiger partial charge in [-0.1, -0.05) is 55.5 Å². The van der Waals surface area contributed by atoms with Crippen LogP contribution in [0.1, 0.15) is 55.6 Å². The van der Waals surface area contributed by atoms with E-state index in [0.717, 1.165) is 23.4 Å². The van der Waals surface area contributed by atoms with Crippen LogP contribution in [0.15, 0.2) is 30.3 Å². The number of carbonyl (C=O) groups is 1. The molecule has 1 atom stereocenters. The van der Waals surface area contributed by atoms with Crippen LogP contribution in [0.2, 0.25) is 0 Å². The molecule has 3 N–H and O–H groups in total. The molecule has 1 aromatic carbocycles. The molecule has 1 aromatic heterocycles. The largest absolute Gasteiger partial charge is 0.324 e. The number of carbonyl (C=O) groups excluding carboxylic acids is 1. The highest BCUT2D eigenvalue weighted by atomic mass is 32.1. The molecule has 1 heterocycles. The SMILES string of the molecule is CCC(CC)c1nnc(NC(=O)CC(N)c2ccccc2)s1. The summed E-state index contributed by atoms with van der Waals surface area (Å²) in [7, 11) is 0. The van der Waals surface area contributed by atoms with E-state index in [1.807, 2.05) is 30.3 Å². The lowest BCUT2D eigenvalue weighted by Crippen LogP contribution is -2.20. The Hall–Kier alpha value is -1.79. The lowest BCUT2D eigenvalue weighted by Gasteiger charge is -2.10. The zero-order valence-corrected chi connectivity index (χ0v) is 13.8. The average molecular weight is 318 g/mol. The van der Waals surface area contributed by atoms with Crippen molar-refractivity contribution in [1.29, 1.82) is 0 Å². The standard InChI is InChI=1S/C16H22N4OS/c1-3-11(4-2)15-19-20-16(22-15)18-14(21)10-13(17)12-8-6-5-7-9-12/h5-9,11,13H,3-4,10,17H2,1-2H3,(H,18,20,21). The highest BCUT2D eigenvalue weighted by molar-refractivity contribution is 7.15. The minimum atomic E-state index is -0.312. The van der Waals surface area contributed by atoms with Crippen LogP contribution >= 0.6 is 11.3 Å². The van der Waals surface area contributed by atoms with E-state index < -0.39 is 0 Å². The minimum Gasteiger partial charge on any atom is -0.324 e. The first kappa shape index (κ1) is 16.6. The summed E-state index contributed by atoms with van der Waals surface area (Å²) in [6.07, 6.45) is 2.28. The molecule has 5 nitrogen and oxygen atoms in total. The van der Waals surface area contributed by atoms with Gasteiger partial charge in [-0.05, 0) is 18.4 Å². The average Bonchev–Trinajstić information content (AvgIpc) is 2.97. The van der Waals surface area contributed by atoms with E-state index in [1.54, 1.807) is 0 Å². The van der Waals surface area contributed by atoms with Gasteiger partial charge in [-0.15, -0.1) is 10.2 Å². The summed E-state index contributed by atoms with van der Waals surface area (Å²) in [6.45, 7) is 4.26. The maximum Gasteiger partial charge on any atom is 0.228 e. The van der Waals surface area contributed by atoms with Gasteiger partial charge in [0.05, 0.1) is 0 Å². The maximum atomic E-state index is 12.1. The summed E-state index contributed by atoms with van der Waals surface area (Å²) < 4.78 is 0. The molecule has 22 heavy (non-hydrogen) atoms. The van der Waals surface area contributed by atoms with Crippen LogP contribution in [-0.2, 0) is 4.79 Å². The van der Waals surface area contributed by atoms with Gasteiger partial charge in [0.15, 0.2) is 0 Å². The van der Waals surface area contributed by atoms with Crippen LogP contribution in [0.5, 0.6) is 0 Å². The molecule has 0 aliphatic carbocycles. The third-order valence-corrected chi connectivity index (χ3v) is 4.66. The van der Waals surface area contributed by atoms with E-state index in [-0.39, 0.29) is 18.4 Å². The molecule has 1 unspecified atom stereocenters. The van der Waals surface area contributed by atoms with Crippen molar-refractivity contribution < 1.29 is 4.79 Å². The Morgan fingerprint density at radius 1 is 1.23 bits per heavy atom. The Morgan fingerprint density at radius 2 is 1.91 bits per heavy atom. The Balaban J connectivity index is 1.92. The second kappa shape index (κ2) is 8.00. The number of hydrogen-bond donors (Lipinski definition) is 2. The molecule has 1 amide bonds. The molecular weight excluding hydrogens is 296 g/mol. The monoisotopic (exact) mass is 318 g/mol. The third kappa shape index (κ3) is 4.35. The van der Waals surface area contributed by atoms with Crippen LogP contribution in [0, 0.1) is 0 Å². The number of hydrogen-bond acceptors (Lipinski definition) is 5. The fourth-order valence-electron chi connectivity index (χ4n) is 2.28. The van der Waals surface area contributed by atoms with Crippen molar-refractivity contribution in [1.82, 2.24) is 10.2 Å². The lowest BCUT2D eigenvalue weighted by molar-refractivity contribution is -0.116. The smallest absolute Gasteiger partial charge is 0.228 e. The van der Waals surface area contributed by atoms with Crippen LogP contribution < -0.4 is 11.1 Å². The molecule has 0 aliphatic rings. The van der Waals surface area contributed by atoms with Crippen molar-refractivity contribution in [2.24, 2.45) is 5.73 Å². The summed E-state index contributed by atoms with van der Waals surface area (Å²) >= 11 is 1.45. The van der Waals surface area contributed by atoms with Gasteiger partial charge in [0, 0.05) is 18.4 Å². The number of nitrogens with two attached hydrogens (primary N) is 1. The zero-order chi connectivity index (χ0) is 15.9. The minimum absolute atomic E-state index is 0.136. The Morgan fingerprint density at radius 3 is 2.55 bits per heavy atom. The number of rotatable bonds is 7. The van der Waals surface area contributed by atoms with Crippen molar-refractivity contribution in [3.05, 3.63) is 40.9 Å². The number of anilines is 1. The first-order chi connectivity index (χ1) is 10.6. The van der Waals surface area contributed by atoms with Gasteiger partial charge in [0.25, 0.3) is 0 Å². The van der Waals surface area contributed by atoms with Crippen molar-refractivity contribution >= 4 is 22.4 Å². The van der Waals surface area contributed by atoms with Gasteiger partial charge in [-0.3, -0.25) is 4.79 Å². The molecule has 0 fully saturated rings. The molecule has 0 bridgehead atoms. The predicted octanol–water partition coefficient (Wildman–Crippen LogP) is 3.47. The second-order valence-electron chi connectivity index (χ2n) is 5.23. The molecule has 0 spiro atoms. The summed E-state index contributed by atoms with van der Waals surface area (Å²) in [6, 6.07) is 9.30. The van der Waals surface area contributed by atoms with Gasteiger partial charge in [-0.25, -0.2) is 0 Å².